The van der Waals surface area contributed by atoms with Gasteiger partial charge in [-0.05, 0) is 56.7 Å². The molecule has 1 aliphatic rings. The molecule has 1 aliphatic carbocycles. The molecule has 1 amide bonds. The van der Waals surface area contributed by atoms with Crippen molar-refractivity contribution in [1.29, 1.82) is 0 Å². The van der Waals surface area contributed by atoms with E-state index in [4.69, 9.17) is 4.74 Å². The first-order valence-corrected chi connectivity index (χ1v) is 9.41. The summed E-state index contributed by atoms with van der Waals surface area (Å²) < 4.78 is 5.73. The molecule has 0 spiro atoms. The minimum atomic E-state index is -0.0962. The van der Waals surface area contributed by atoms with Crippen molar-refractivity contribution in [3.8, 4) is 5.75 Å². The Balaban J connectivity index is 1.61. The average molecular weight is 344 g/mol. The van der Waals surface area contributed by atoms with Gasteiger partial charge in [0.05, 0.1) is 11.2 Å². The summed E-state index contributed by atoms with van der Waals surface area (Å²) in [5, 5.41) is 5.18. The lowest BCUT2D eigenvalue weighted by atomic mass is 9.78. The van der Waals surface area contributed by atoms with E-state index >= 15 is 0 Å². The van der Waals surface area contributed by atoms with E-state index in [2.05, 4.69) is 24.1 Å². The largest absolute Gasteiger partial charge is 0.487 e. The molecule has 5 heteroatoms. The standard InChI is InChI=1S/C19H24N2O2S/c1-14-6-8-19(2,9-7-14)21-18(22)15-4-3-5-17(10-15)23-11-16-12-24-13-20-16/h3-5,10,12-14H,6-9,11H2,1-2H3,(H,21,22). The van der Waals surface area contributed by atoms with E-state index in [1.807, 2.05) is 23.6 Å². The average Bonchev–Trinajstić information content (AvgIpc) is 3.10. The third-order valence-electron chi connectivity index (χ3n) is 4.76. The number of hydrogen-bond donors (Lipinski definition) is 1. The molecule has 1 saturated carbocycles. The number of aromatic nitrogens is 1. The van der Waals surface area contributed by atoms with E-state index in [0.29, 0.717) is 17.9 Å². The third-order valence-corrected chi connectivity index (χ3v) is 5.39. The summed E-state index contributed by atoms with van der Waals surface area (Å²) in [7, 11) is 0. The molecule has 0 unspecified atom stereocenters. The van der Waals surface area contributed by atoms with Gasteiger partial charge in [-0.15, -0.1) is 11.3 Å². The third kappa shape index (κ3) is 4.35. The van der Waals surface area contributed by atoms with Gasteiger partial charge in [-0.25, -0.2) is 4.98 Å². The molecule has 1 fully saturated rings. The van der Waals surface area contributed by atoms with Crippen LogP contribution in [0.1, 0.15) is 55.6 Å². The van der Waals surface area contributed by atoms with Crippen LogP contribution in [0.3, 0.4) is 0 Å². The van der Waals surface area contributed by atoms with E-state index in [1.54, 1.807) is 22.9 Å². The van der Waals surface area contributed by atoms with Crippen LogP contribution in [0, 0.1) is 5.92 Å². The first-order valence-electron chi connectivity index (χ1n) is 8.46. The van der Waals surface area contributed by atoms with Crippen molar-refractivity contribution < 1.29 is 9.53 Å². The molecule has 128 valence electrons. The van der Waals surface area contributed by atoms with Crippen LogP contribution in [0.2, 0.25) is 0 Å². The number of nitrogens with zero attached hydrogens (tertiary/aromatic N) is 1. The Bertz CT molecular complexity index is 676. The fraction of sp³-hybridized carbons (Fsp3) is 0.474. The van der Waals surface area contributed by atoms with E-state index in [9.17, 15) is 4.79 Å². The van der Waals surface area contributed by atoms with Gasteiger partial charge in [0.15, 0.2) is 0 Å². The number of carbonyl (C=O) groups excluding carboxylic acids is 1. The van der Waals surface area contributed by atoms with Gasteiger partial charge < -0.3 is 10.1 Å². The summed E-state index contributed by atoms with van der Waals surface area (Å²) in [6.45, 7) is 4.86. The van der Waals surface area contributed by atoms with Crippen LogP contribution in [0.15, 0.2) is 35.2 Å². The molecule has 24 heavy (non-hydrogen) atoms. The summed E-state index contributed by atoms with van der Waals surface area (Å²) in [5.74, 6) is 1.43. The second-order valence-corrected chi connectivity index (χ2v) is 7.71. The molecular weight excluding hydrogens is 320 g/mol. The summed E-state index contributed by atoms with van der Waals surface area (Å²) in [6.07, 6.45) is 4.43. The van der Waals surface area contributed by atoms with E-state index in [-0.39, 0.29) is 11.4 Å². The van der Waals surface area contributed by atoms with Crippen LogP contribution in [0.5, 0.6) is 5.75 Å². The van der Waals surface area contributed by atoms with Crippen molar-refractivity contribution in [2.24, 2.45) is 5.92 Å². The van der Waals surface area contributed by atoms with Crippen molar-refractivity contribution in [1.82, 2.24) is 10.3 Å². The van der Waals surface area contributed by atoms with Gasteiger partial charge in [0.25, 0.3) is 5.91 Å². The number of rotatable bonds is 5. The Morgan fingerprint density at radius 1 is 1.42 bits per heavy atom. The minimum absolute atomic E-state index is 0.0221. The molecule has 2 aromatic rings. The zero-order chi connectivity index (χ0) is 17.0. The first-order chi connectivity index (χ1) is 11.5. The zero-order valence-corrected chi connectivity index (χ0v) is 15.1. The van der Waals surface area contributed by atoms with Crippen molar-refractivity contribution in [2.45, 2.75) is 51.7 Å². The summed E-state index contributed by atoms with van der Waals surface area (Å²) in [5.41, 5.74) is 3.24. The van der Waals surface area contributed by atoms with Gasteiger partial charge in [0.2, 0.25) is 0 Å². The highest BCUT2D eigenvalue weighted by atomic mass is 32.1. The Labute approximate surface area is 147 Å². The lowest BCUT2D eigenvalue weighted by molar-refractivity contribution is 0.0869. The summed E-state index contributed by atoms with van der Waals surface area (Å²) in [6, 6.07) is 7.36. The van der Waals surface area contributed by atoms with Crippen molar-refractivity contribution in [3.05, 3.63) is 46.4 Å². The molecule has 0 saturated heterocycles. The van der Waals surface area contributed by atoms with E-state index in [1.165, 1.54) is 12.8 Å². The number of ether oxygens (including phenoxy) is 1. The van der Waals surface area contributed by atoms with Crippen LogP contribution >= 0.6 is 11.3 Å². The normalized spacial score (nSPS) is 23.7. The highest BCUT2D eigenvalue weighted by molar-refractivity contribution is 7.07. The lowest BCUT2D eigenvalue weighted by Gasteiger charge is -2.37. The predicted octanol–water partition coefficient (Wildman–Crippen LogP) is 4.42. The SMILES string of the molecule is CC1CCC(C)(NC(=O)c2cccc(OCc3cscn3)c2)CC1. The van der Waals surface area contributed by atoms with Crippen LogP contribution in [-0.4, -0.2) is 16.4 Å². The maximum absolute atomic E-state index is 12.6. The minimum Gasteiger partial charge on any atom is -0.487 e. The van der Waals surface area contributed by atoms with Crippen LogP contribution in [0.25, 0.3) is 0 Å². The molecule has 0 bridgehead atoms. The van der Waals surface area contributed by atoms with Crippen molar-refractivity contribution in [3.63, 3.8) is 0 Å². The molecule has 1 aromatic heterocycles. The fourth-order valence-corrected chi connectivity index (χ4v) is 3.61. The summed E-state index contributed by atoms with van der Waals surface area (Å²) >= 11 is 1.55. The van der Waals surface area contributed by atoms with Gasteiger partial charge in [0, 0.05) is 16.5 Å². The molecule has 3 rings (SSSR count). The number of amides is 1. The Kier molecular flexibility index (Phi) is 5.19. The topological polar surface area (TPSA) is 51.2 Å². The Morgan fingerprint density at radius 3 is 2.92 bits per heavy atom. The van der Waals surface area contributed by atoms with Gasteiger partial charge >= 0.3 is 0 Å². The van der Waals surface area contributed by atoms with Crippen LogP contribution < -0.4 is 10.1 Å². The highest BCUT2D eigenvalue weighted by Crippen LogP contribution is 2.31. The Hall–Kier alpha value is -1.88. The van der Waals surface area contributed by atoms with Gasteiger partial charge in [-0.2, -0.15) is 0 Å². The van der Waals surface area contributed by atoms with Crippen molar-refractivity contribution in [2.75, 3.05) is 0 Å². The highest BCUT2D eigenvalue weighted by Gasteiger charge is 2.31. The van der Waals surface area contributed by atoms with Gasteiger partial charge in [-0.1, -0.05) is 13.0 Å². The number of hydrogen-bond acceptors (Lipinski definition) is 4. The number of benzene rings is 1. The molecule has 0 radical (unpaired) electrons. The second kappa shape index (κ2) is 7.34. The molecule has 1 aromatic carbocycles. The first kappa shape index (κ1) is 17.0. The lowest BCUT2D eigenvalue weighted by Crippen LogP contribution is -2.48. The second-order valence-electron chi connectivity index (χ2n) is 6.99. The maximum atomic E-state index is 12.6. The predicted molar refractivity (Wildman–Crippen MR) is 96.4 cm³/mol. The van der Waals surface area contributed by atoms with Crippen LogP contribution in [0.4, 0.5) is 0 Å². The maximum Gasteiger partial charge on any atom is 0.251 e. The molecular formula is C19H24N2O2S. The quantitative estimate of drug-likeness (QED) is 0.873. The molecule has 0 atom stereocenters. The van der Waals surface area contributed by atoms with E-state index in [0.717, 1.165) is 24.5 Å². The number of nitrogens with one attached hydrogen (secondary N) is 1. The van der Waals surface area contributed by atoms with Crippen molar-refractivity contribution >= 4 is 17.2 Å². The molecule has 0 aliphatic heterocycles. The van der Waals surface area contributed by atoms with Gasteiger partial charge in [0.1, 0.15) is 12.4 Å². The zero-order valence-electron chi connectivity index (χ0n) is 14.2. The number of thiazole rings is 1. The molecule has 1 heterocycles. The van der Waals surface area contributed by atoms with Crippen LogP contribution in [-0.2, 0) is 6.61 Å². The Morgan fingerprint density at radius 2 is 2.21 bits per heavy atom. The monoisotopic (exact) mass is 344 g/mol. The fourth-order valence-electron chi connectivity index (χ4n) is 3.06. The molecule has 4 nitrogen and oxygen atoms in total. The van der Waals surface area contributed by atoms with Gasteiger partial charge in [-0.3, -0.25) is 4.79 Å². The smallest absolute Gasteiger partial charge is 0.251 e. The summed E-state index contributed by atoms with van der Waals surface area (Å²) in [4.78, 5) is 16.8. The number of carbonyl (C=O) groups is 1. The van der Waals surface area contributed by atoms with E-state index < -0.39 is 0 Å². The molecule has 1 N–H and O–H groups in total.